The van der Waals surface area contributed by atoms with Crippen molar-refractivity contribution in [1.29, 1.82) is 5.26 Å². The summed E-state index contributed by atoms with van der Waals surface area (Å²) in [6.07, 6.45) is 4.86. The molecule has 2 N–H and O–H groups in total. The molecule has 0 bridgehead atoms. The number of hydrogen-bond donors (Lipinski definition) is 2. The molecule has 3 rings (SSSR count). The quantitative estimate of drug-likeness (QED) is 0.768. The fourth-order valence-electron chi connectivity index (χ4n) is 2.78. The van der Waals surface area contributed by atoms with E-state index in [0.29, 0.717) is 23.9 Å². The average Bonchev–Trinajstić information content (AvgIpc) is 3.38. The minimum Gasteiger partial charge on any atom is -0.491 e. The third kappa shape index (κ3) is 4.20. The molecule has 0 spiro atoms. The summed E-state index contributed by atoms with van der Waals surface area (Å²) in [5.41, 5.74) is 0.612. The molecule has 1 aromatic carbocycles. The highest BCUT2D eigenvalue weighted by Gasteiger charge is 2.41. The molecule has 1 atom stereocenters. The first-order chi connectivity index (χ1) is 10.3. The van der Waals surface area contributed by atoms with E-state index in [0.717, 1.165) is 11.8 Å². The Hall–Kier alpha value is -1.57. The summed E-state index contributed by atoms with van der Waals surface area (Å²) >= 11 is 0. The lowest BCUT2D eigenvalue weighted by Crippen LogP contribution is -2.40. The second kappa shape index (κ2) is 6.46. The number of aliphatic hydroxyl groups is 1. The van der Waals surface area contributed by atoms with E-state index in [4.69, 9.17) is 10.00 Å². The zero-order chi connectivity index (χ0) is 14.7. The predicted octanol–water partition coefficient (Wildman–Crippen LogP) is 2.08. The highest BCUT2D eigenvalue weighted by atomic mass is 16.5. The molecule has 0 heterocycles. The number of nitrogens with zero attached hydrogens (tertiary/aromatic N) is 1. The van der Waals surface area contributed by atoms with Crippen LogP contribution in [0.15, 0.2) is 24.3 Å². The van der Waals surface area contributed by atoms with E-state index >= 15 is 0 Å². The standard InChI is InChI=1S/C17H22N2O2/c18-9-12-1-7-16(8-2-12)21-11-15(20)10-19-17(13-3-4-13)14-5-6-14/h1-2,7-8,13-15,17,19-20H,3-6,10-11H2. The van der Waals surface area contributed by atoms with Gasteiger partial charge in [0, 0.05) is 12.6 Å². The van der Waals surface area contributed by atoms with Gasteiger partial charge in [0.05, 0.1) is 11.6 Å². The first-order valence-electron chi connectivity index (χ1n) is 7.80. The van der Waals surface area contributed by atoms with Crippen molar-refractivity contribution in [3.63, 3.8) is 0 Å². The predicted molar refractivity (Wildman–Crippen MR) is 79.9 cm³/mol. The van der Waals surface area contributed by atoms with Crippen LogP contribution in [0.4, 0.5) is 0 Å². The molecular formula is C17H22N2O2. The maximum absolute atomic E-state index is 10.0. The molecule has 0 radical (unpaired) electrons. The molecule has 21 heavy (non-hydrogen) atoms. The number of hydrogen-bond acceptors (Lipinski definition) is 4. The Morgan fingerprint density at radius 2 is 1.81 bits per heavy atom. The van der Waals surface area contributed by atoms with Crippen molar-refractivity contribution >= 4 is 0 Å². The molecule has 0 saturated heterocycles. The van der Waals surface area contributed by atoms with Crippen molar-refractivity contribution in [1.82, 2.24) is 5.32 Å². The molecule has 2 fully saturated rings. The lowest BCUT2D eigenvalue weighted by molar-refractivity contribution is 0.102. The van der Waals surface area contributed by atoms with Crippen LogP contribution in [0.5, 0.6) is 5.75 Å². The van der Waals surface area contributed by atoms with Gasteiger partial charge in [-0.05, 0) is 61.8 Å². The van der Waals surface area contributed by atoms with Crippen LogP contribution in [0.3, 0.4) is 0 Å². The highest BCUT2D eigenvalue weighted by molar-refractivity contribution is 5.34. The largest absolute Gasteiger partial charge is 0.491 e. The van der Waals surface area contributed by atoms with Crippen LogP contribution in [0, 0.1) is 23.2 Å². The van der Waals surface area contributed by atoms with Crippen LogP contribution in [0.25, 0.3) is 0 Å². The van der Waals surface area contributed by atoms with Gasteiger partial charge in [0.1, 0.15) is 18.5 Å². The first-order valence-corrected chi connectivity index (χ1v) is 7.80. The molecular weight excluding hydrogens is 264 g/mol. The lowest BCUT2D eigenvalue weighted by atomic mass is 10.1. The van der Waals surface area contributed by atoms with Gasteiger partial charge in [-0.25, -0.2) is 0 Å². The summed E-state index contributed by atoms with van der Waals surface area (Å²) in [4.78, 5) is 0. The topological polar surface area (TPSA) is 65.3 Å². The van der Waals surface area contributed by atoms with Gasteiger partial charge in [0.15, 0.2) is 0 Å². The van der Waals surface area contributed by atoms with Crippen molar-refractivity contribution in [2.45, 2.75) is 37.8 Å². The molecule has 0 aliphatic heterocycles. The van der Waals surface area contributed by atoms with Crippen LogP contribution in [0.1, 0.15) is 31.2 Å². The molecule has 112 valence electrons. The van der Waals surface area contributed by atoms with Crippen LogP contribution in [0.2, 0.25) is 0 Å². The number of ether oxygens (including phenoxy) is 1. The Bertz CT molecular complexity index is 489. The molecule has 4 nitrogen and oxygen atoms in total. The molecule has 4 heteroatoms. The average molecular weight is 286 g/mol. The number of nitriles is 1. The first kappa shape index (κ1) is 14.4. The van der Waals surface area contributed by atoms with E-state index in [1.54, 1.807) is 24.3 Å². The van der Waals surface area contributed by atoms with E-state index in [-0.39, 0.29) is 6.61 Å². The molecule has 2 saturated carbocycles. The zero-order valence-corrected chi connectivity index (χ0v) is 12.2. The number of benzene rings is 1. The summed E-state index contributed by atoms with van der Waals surface area (Å²) in [7, 11) is 0. The second-order valence-electron chi connectivity index (χ2n) is 6.21. The molecule has 1 unspecified atom stereocenters. The van der Waals surface area contributed by atoms with Gasteiger partial charge >= 0.3 is 0 Å². The Balaban J connectivity index is 1.39. The molecule has 0 aromatic heterocycles. The Labute approximate surface area is 125 Å². The van der Waals surface area contributed by atoms with Crippen LogP contribution >= 0.6 is 0 Å². The van der Waals surface area contributed by atoms with Crippen LogP contribution < -0.4 is 10.1 Å². The van der Waals surface area contributed by atoms with Gasteiger partial charge < -0.3 is 15.2 Å². The van der Waals surface area contributed by atoms with E-state index in [2.05, 4.69) is 11.4 Å². The monoisotopic (exact) mass is 286 g/mol. The minimum absolute atomic E-state index is 0.279. The van der Waals surface area contributed by atoms with Gasteiger partial charge in [-0.15, -0.1) is 0 Å². The van der Waals surface area contributed by atoms with E-state index in [1.165, 1.54) is 25.7 Å². The molecule has 2 aliphatic carbocycles. The summed E-state index contributed by atoms with van der Waals surface area (Å²) in [6, 6.07) is 9.63. The van der Waals surface area contributed by atoms with Gasteiger partial charge in [-0.1, -0.05) is 0 Å². The fraction of sp³-hybridized carbons (Fsp3) is 0.588. The molecule has 2 aliphatic rings. The third-order valence-electron chi connectivity index (χ3n) is 4.27. The normalized spacial score (nSPS) is 19.3. The van der Waals surface area contributed by atoms with Gasteiger partial charge in [0.2, 0.25) is 0 Å². The van der Waals surface area contributed by atoms with Gasteiger partial charge in [-0.3, -0.25) is 0 Å². The molecule has 0 amide bonds. The Morgan fingerprint density at radius 1 is 1.19 bits per heavy atom. The minimum atomic E-state index is -0.499. The summed E-state index contributed by atoms with van der Waals surface area (Å²) in [5.74, 6) is 2.36. The van der Waals surface area contributed by atoms with E-state index < -0.39 is 6.10 Å². The van der Waals surface area contributed by atoms with Gasteiger partial charge in [-0.2, -0.15) is 5.26 Å². The van der Waals surface area contributed by atoms with Crippen molar-refractivity contribution in [2.75, 3.05) is 13.2 Å². The maximum Gasteiger partial charge on any atom is 0.119 e. The maximum atomic E-state index is 10.0. The van der Waals surface area contributed by atoms with E-state index in [1.807, 2.05) is 0 Å². The fourth-order valence-corrected chi connectivity index (χ4v) is 2.78. The summed E-state index contributed by atoms with van der Waals surface area (Å²) < 4.78 is 5.55. The molecule has 1 aromatic rings. The summed E-state index contributed by atoms with van der Waals surface area (Å²) in [5, 5.41) is 22.3. The SMILES string of the molecule is N#Cc1ccc(OCC(O)CNC(C2CC2)C2CC2)cc1. The highest BCUT2D eigenvalue weighted by Crippen LogP contribution is 2.44. The smallest absolute Gasteiger partial charge is 0.119 e. The van der Waals surface area contributed by atoms with Crippen molar-refractivity contribution < 1.29 is 9.84 Å². The number of rotatable bonds is 8. The van der Waals surface area contributed by atoms with Crippen molar-refractivity contribution in [3.05, 3.63) is 29.8 Å². The van der Waals surface area contributed by atoms with Crippen molar-refractivity contribution in [2.24, 2.45) is 11.8 Å². The number of aliphatic hydroxyl groups excluding tert-OH is 1. The van der Waals surface area contributed by atoms with Crippen LogP contribution in [-0.2, 0) is 0 Å². The van der Waals surface area contributed by atoms with Crippen molar-refractivity contribution in [3.8, 4) is 11.8 Å². The Morgan fingerprint density at radius 3 is 2.33 bits per heavy atom. The van der Waals surface area contributed by atoms with E-state index in [9.17, 15) is 5.11 Å². The Kier molecular flexibility index (Phi) is 4.42. The van der Waals surface area contributed by atoms with Crippen LogP contribution in [-0.4, -0.2) is 30.4 Å². The zero-order valence-electron chi connectivity index (χ0n) is 12.2. The second-order valence-corrected chi connectivity index (χ2v) is 6.21. The lowest BCUT2D eigenvalue weighted by Gasteiger charge is -2.20. The number of nitrogens with one attached hydrogen (secondary N) is 1. The van der Waals surface area contributed by atoms with Gasteiger partial charge in [0.25, 0.3) is 0 Å². The third-order valence-corrected chi connectivity index (χ3v) is 4.27. The summed E-state index contributed by atoms with van der Waals surface area (Å²) in [6.45, 7) is 0.870.